The second-order valence-corrected chi connectivity index (χ2v) is 3.28. The molecule has 0 amide bonds. The van der Waals surface area contributed by atoms with E-state index in [1.54, 1.807) is 0 Å². The van der Waals surface area contributed by atoms with Crippen molar-refractivity contribution >= 4 is 27.0 Å². The highest BCUT2D eigenvalue weighted by Gasteiger charge is 2.28. The molecular formula is C7ClF5O2S. The fourth-order valence-corrected chi connectivity index (χ4v) is 0.983. The number of halogens is 6. The van der Waals surface area contributed by atoms with E-state index >= 15 is 0 Å². The lowest BCUT2D eigenvalue weighted by molar-refractivity contribution is 0.220. The van der Waals surface area contributed by atoms with Crippen LogP contribution >= 0.6 is 21.7 Å². The summed E-state index contributed by atoms with van der Waals surface area (Å²) in [6.07, 6.45) is 0. The van der Waals surface area contributed by atoms with E-state index in [9.17, 15) is 26.7 Å². The minimum absolute atomic E-state index is 0.108. The van der Waals surface area contributed by atoms with E-state index in [0.717, 1.165) is 0 Å². The fraction of sp³-hybridized carbons (Fsp3) is 0. The van der Waals surface area contributed by atoms with E-state index in [1.165, 1.54) is 0 Å². The quantitative estimate of drug-likeness (QED) is 0.338. The van der Waals surface area contributed by atoms with Crippen LogP contribution in [0.5, 0.6) is 5.75 Å². The third kappa shape index (κ3) is 2.22. The number of ether oxygens (including phenoxy) is 1. The molecule has 1 rings (SSSR count). The van der Waals surface area contributed by atoms with Gasteiger partial charge in [-0.2, -0.15) is 8.78 Å². The first kappa shape index (κ1) is 13.0. The lowest BCUT2D eigenvalue weighted by Gasteiger charge is -2.06. The number of carbonyl (C=O) groups is 1. The van der Waals surface area contributed by atoms with Gasteiger partial charge in [-0.05, 0) is 10.7 Å². The summed E-state index contributed by atoms with van der Waals surface area (Å²) in [6, 6.07) is 0. The van der Waals surface area contributed by atoms with Crippen molar-refractivity contribution in [1.29, 1.82) is 0 Å². The second-order valence-electron chi connectivity index (χ2n) is 2.33. The number of benzene rings is 1. The van der Waals surface area contributed by atoms with Crippen molar-refractivity contribution < 1.29 is 31.5 Å². The molecule has 88 valence electrons. The van der Waals surface area contributed by atoms with Gasteiger partial charge in [0.15, 0.2) is 0 Å². The molecule has 2 nitrogen and oxygen atoms in total. The van der Waals surface area contributed by atoms with Crippen LogP contribution in [0.3, 0.4) is 0 Å². The van der Waals surface area contributed by atoms with Gasteiger partial charge in [0.05, 0.1) is 11.0 Å². The Balaban J connectivity index is 3.34. The molecule has 9 heteroatoms. The van der Waals surface area contributed by atoms with Crippen molar-refractivity contribution in [2.45, 2.75) is 0 Å². The average Bonchev–Trinajstić information content (AvgIpc) is 2.29. The third-order valence-corrected chi connectivity index (χ3v) is 2.01. The van der Waals surface area contributed by atoms with Gasteiger partial charge in [-0.25, -0.2) is 18.0 Å². The van der Waals surface area contributed by atoms with Crippen molar-refractivity contribution in [3.05, 3.63) is 29.1 Å². The van der Waals surface area contributed by atoms with Crippen LogP contribution in [0.2, 0.25) is 0 Å². The molecule has 0 radical (unpaired) electrons. The molecule has 1 aromatic rings. The molecule has 0 fully saturated rings. The van der Waals surface area contributed by atoms with Crippen LogP contribution in [0.1, 0.15) is 0 Å². The summed E-state index contributed by atoms with van der Waals surface area (Å²) < 4.78 is 67.2. The Morgan fingerprint density at radius 2 is 1.31 bits per heavy atom. The van der Waals surface area contributed by atoms with Gasteiger partial charge in [-0.1, -0.05) is 0 Å². The Morgan fingerprint density at radius 3 is 1.69 bits per heavy atom. The normalized spacial score (nSPS) is 10.4. The van der Waals surface area contributed by atoms with Crippen molar-refractivity contribution in [3.8, 4) is 5.75 Å². The van der Waals surface area contributed by atoms with E-state index in [1.807, 2.05) is 0 Å². The van der Waals surface area contributed by atoms with Crippen LogP contribution in [0.25, 0.3) is 0 Å². The molecule has 0 N–H and O–H groups in total. The van der Waals surface area contributed by atoms with Gasteiger partial charge in [-0.3, -0.25) is 0 Å². The number of rotatable bonds is 1. The molecule has 0 aliphatic carbocycles. The largest absolute Gasteiger partial charge is 0.411 e. The second kappa shape index (κ2) is 4.88. The van der Waals surface area contributed by atoms with Gasteiger partial charge in [-0.15, -0.1) is 0 Å². The highest BCUT2D eigenvalue weighted by Crippen LogP contribution is 2.30. The van der Waals surface area contributed by atoms with Crippen molar-refractivity contribution in [3.63, 3.8) is 0 Å². The van der Waals surface area contributed by atoms with Gasteiger partial charge in [0, 0.05) is 0 Å². The highest BCUT2D eigenvalue weighted by atomic mass is 35.7. The maximum Gasteiger partial charge on any atom is 0.388 e. The van der Waals surface area contributed by atoms with Gasteiger partial charge < -0.3 is 4.74 Å². The van der Waals surface area contributed by atoms with Crippen LogP contribution in [0.4, 0.5) is 26.7 Å². The summed E-state index contributed by atoms with van der Waals surface area (Å²) in [4.78, 5) is 10.5. The Kier molecular flexibility index (Phi) is 3.98. The van der Waals surface area contributed by atoms with Gasteiger partial charge in [0.1, 0.15) is 0 Å². The first-order valence-electron chi connectivity index (χ1n) is 3.42. The zero-order chi connectivity index (χ0) is 12.5. The molecular weight excluding hydrogens is 279 g/mol. The van der Waals surface area contributed by atoms with Crippen LogP contribution < -0.4 is 4.74 Å². The Bertz CT molecular complexity index is 424. The van der Waals surface area contributed by atoms with E-state index in [-0.39, 0.29) is 11.0 Å². The lowest BCUT2D eigenvalue weighted by Crippen LogP contribution is -2.08. The van der Waals surface area contributed by atoms with Gasteiger partial charge in [0.25, 0.3) is 0 Å². The zero-order valence-corrected chi connectivity index (χ0v) is 8.56. The summed E-state index contributed by atoms with van der Waals surface area (Å²) in [7, 11) is 4.75. The average molecular weight is 279 g/mol. The molecule has 0 bridgehead atoms. The molecule has 1 aromatic carbocycles. The summed E-state index contributed by atoms with van der Waals surface area (Å²) in [5.41, 5.74) is 0. The van der Waals surface area contributed by atoms with Crippen LogP contribution in [-0.4, -0.2) is 5.30 Å². The summed E-state index contributed by atoms with van der Waals surface area (Å²) in [5.74, 6) is -12.9. The summed E-state index contributed by atoms with van der Waals surface area (Å²) in [5, 5.41) is -1.43. The van der Waals surface area contributed by atoms with Crippen LogP contribution in [0.15, 0.2) is 0 Å². The maximum atomic E-state index is 12.8. The summed E-state index contributed by atoms with van der Waals surface area (Å²) >= 11 is 0. The predicted molar refractivity (Wildman–Crippen MR) is 45.7 cm³/mol. The van der Waals surface area contributed by atoms with Crippen molar-refractivity contribution in [1.82, 2.24) is 0 Å². The number of hydrogen-bond donors (Lipinski definition) is 0. The SMILES string of the molecule is O=C(Oc1c(F)c(F)c(F)c(F)c1F)SCl. The number of carbonyl (C=O) groups excluding carboxylic acids is 1. The predicted octanol–water partition coefficient (Wildman–Crippen LogP) is 3.77. The smallest absolute Gasteiger partial charge is 0.388 e. The Morgan fingerprint density at radius 1 is 0.938 bits per heavy atom. The molecule has 0 aliphatic heterocycles. The standard InChI is InChI=1S/C7ClF5O2S/c8-16-7(14)15-6-4(12)2(10)1(9)3(11)5(6)13. The maximum absolute atomic E-state index is 12.8. The highest BCUT2D eigenvalue weighted by molar-refractivity contribution is 8.32. The Hall–Kier alpha value is -1.02. The molecule has 0 saturated carbocycles. The van der Waals surface area contributed by atoms with E-state index in [2.05, 4.69) is 4.74 Å². The Labute approximate surface area is 93.8 Å². The number of hydrogen-bond acceptors (Lipinski definition) is 3. The van der Waals surface area contributed by atoms with Gasteiger partial charge >= 0.3 is 5.30 Å². The minimum atomic E-state index is -2.34. The molecule has 0 spiro atoms. The molecule has 16 heavy (non-hydrogen) atoms. The third-order valence-electron chi connectivity index (χ3n) is 1.42. The zero-order valence-electron chi connectivity index (χ0n) is 6.99. The van der Waals surface area contributed by atoms with E-state index in [4.69, 9.17) is 10.7 Å². The molecule has 0 atom stereocenters. The lowest BCUT2D eigenvalue weighted by atomic mass is 10.3. The molecule has 0 saturated heterocycles. The van der Waals surface area contributed by atoms with E-state index in [0.29, 0.717) is 0 Å². The fourth-order valence-electron chi connectivity index (χ4n) is 0.773. The van der Waals surface area contributed by atoms with Crippen LogP contribution in [-0.2, 0) is 0 Å². The van der Waals surface area contributed by atoms with Crippen LogP contribution in [0, 0.1) is 29.1 Å². The molecule has 0 aliphatic rings. The van der Waals surface area contributed by atoms with Crippen molar-refractivity contribution in [2.24, 2.45) is 0 Å². The first-order chi connectivity index (χ1) is 7.40. The molecule has 0 unspecified atom stereocenters. The van der Waals surface area contributed by atoms with Gasteiger partial charge in [0.2, 0.25) is 34.8 Å². The summed E-state index contributed by atoms with van der Waals surface area (Å²) in [6.45, 7) is 0. The minimum Gasteiger partial charge on any atom is -0.411 e. The molecule has 0 heterocycles. The van der Waals surface area contributed by atoms with E-state index < -0.39 is 40.1 Å². The monoisotopic (exact) mass is 278 g/mol. The van der Waals surface area contributed by atoms with Crippen molar-refractivity contribution in [2.75, 3.05) is 0 Å². The molecule has 0 aromatic heterocycles. The topological polar surface area (TPSA) is 26.3 Å². The first-order valence-corrected chi connectivity index (χ1v) is 5.06.